The van der Waals surface area contributed by atoms with Crippen LogP contribution >= 0.6 is 15.9 Å². The summed E-state index contributed by atoms with van der Waals surface area (Å²) in [7, 11) is 4.07. The molecule has 7 nitrogen and oxygen atoms in total. The van der Waals surface area contributed by atoms with E-state index in [9.17, 15) is 9.59 Å². The van der Waals surface area contributed by atoms with E-state index < -0.39 is 24.5 Å². The van der Waals surface area contributed by atoms with Crippen molar-refractivity contribution in [1.82, 2.24) is 5.32 Å². The summed E-state index contributed by atoms with van der Waals surface area (Å²) in [4.78, 5) is 23.5. The largest absolute Gasteiger partial charge is 0.495 e. The third-order valence-electron chi connectivity index (χ3n) is 2.68. The highest BCUT2D eigenvalue weighted by Gasteiger charge is 2.22. The lowest BCUT2D eigenvalue weighted by atomic mass is 10.1. The number of aliphatic hydroxyl groups excluding tert-OH is 1. The zero-order valence-electron chi connectivity index (χ0n) is 11.8. The highest BCUT2D eigenvalue weighted by Crippen LogP contribution is 2.35. The van der Waals surface area contributed by atoms with Gasteiger partial charge in [-0.3, -0.25) is 4.79 Å². The fourth-order valence-electron chi connectivity index (χ4n) is 1.56. The molecule has 0 aliphatic heterocycles. The number of benzene rings is 1. The van der Waals surface area contributed by atoms with E-state index in [2.05, 4.69) is 26.0 Å². The van der Waals surface area contributed by atoms with Crippen LogP contribution in [0.15, 0.2) is 16.6 Å². The van der Waals surface area contributed by atoms with Crippen LogP contribution in [0, 0.1) is 0 Å². The second-order valence-corrected chi connectivity index (χ2v) is 4.72. The maximum absolute atomic E-state index is 12.1. The third kappa shape index (κ3) is 4.08. The highest BCUT2D eigenvalue weighted by molar-refractivity contribution is 9.10. The molecule has 0 aliphatic rings. The molecule has 8 heteroatoms. The SMILES string of the molecule is COC(=O)[C@H](CO)NC(=O)c1cc(OC)c(Br)c(OC)c1. The Balaban J connectivity index is 3.04. The smallest absolute Gasteiger partial charge is 0.330 e. The van der Waals surface area contributed by atoms with E-state index in [0.717, 1.165) is 0 Å². The van der Waals surface area contributed by atoms with Crippen molar-refractivity contribution in [3.63, 3.8) is 0 Å². The molecule has 0 saturated carbocycles. The van der Waals surface area contributed by atoms with E-state index in [-0.39, 0.29) is 5.56 Å². The molecule has 0 radical (unpaired) electrons. The normalized spacial score (nSPS) is 11.5. The first-order valence-corrected chi connectivity index (χ1v) is 6.68. The van der Waals surface area contributed by atoms with Crippen molar-refractivity contribution in [2.45, 2.75) is 6.04 Å². The number of halogens is 1. The van der Waals surface area contributed by atoms with Gasteiger partial charge >= 0.3 is 5.97 Å². The Morgan fingerprint density at radius 1 is 1.24 bits per heavy atom. The maximum atomic E-state index is 12.1. The zero-order valence-corrected chi connectivity index (χ0v) is 13.4. The molecule has 1 rings (SSSR count). The van der Waals surface area contributed by atoms with Gasteiger partial charge in [-0.2, -0.15) is 0 Å². The Morgan fingerprint density at radius 3 is 2.14 bits per heavy atom. The Kier molecular flexibility index (Phi) is 6.44. The number of aliphatic hydroxyl groups is 1. The van der Waals surface area contributed by atoms with E-state index in [4.69, 9.17) is 14.6 Å². The van der Waals surface area contributed by atoms with Crippen molar-refractivity contribution in [3.8, 4) is 11.5 Å². The van der Waals surface area contributed by atoms with E-state index in [0.29, 0.717) is 16.0 Å². The summed E-state index contributed by atoms with van der Waals surface area (Å²) in [5.74, 6) is -0.498. The summed E-state index contributed by atoms with van der Waals surface area (Å²) in [6.45, 7) is -0.566. The van der Waals surface area contributed by atoms with E-state index in [1.807, 2.05) is 0 Å². The number of nitrogens with one attached hydrogen (secondary N) is 1. The summed E-state index contributed by atoms with van der Waals surface area (Å²) in [6.07, 6.45) is 0. The van der Waals surface area contributed by atoms with Crippen LogP contribution in [-0.4, -0.2) is 51.0 Å². The Hall–Kier alpha value is -1.80. The minimum atomic E-state index is -1.14. The average molecular weight is 362 g/mol. The van der Waals surface area contributed by atoms with Crippen molar-refractivity contribution in [2.24, 2.45) is 0 Å². The molecule has 21 heavy (non-hydrogen) atoms. The Labute approximate surface area is 130 Å². The van der Waals surface area contributed by atoms with Gasteiger partial charge in [0, 0.05) is 5.56 Å². The molecule has 116 valence electrons. The molecule has 0 bridgehead atoms. The van der Waals surface area contributed by atoms with E-state index in [1.54, 1.807) is 0 Å². The van der Waals surface area contributed by atoms with Crippen molar-refractivity contribution in [3.05, 3.63) is 22.2 Å². The average Bonchev–Trinajstić information content (AvgIpc) is 2.51. The lowest BCUT2D eigenvalue weighted by Crippen LogP contribution is -2.44. The van der Waals surface area contributed by atoms with E-state index in [1.165, 1.54) is 33.5 Å². The number of rotatable bonds is 6. The predicted molar refractivity (Wildman–Crippen MR) is 77.6 cm³/mol. The number of ether oxygens (including phenoxy) is 3. The fourth-order valence-corrected chi connectivity index (χ4v) is 2.12. The zero-order chi connectivity index (χ0) is 16.0. The van der Waals surface area contributed by atoms with Crippen molar-refractivity contribution in [2.75, 3.05) is 27.9 Å². The van der Waals surface area contributed by atoms with Crippen molar-refractivity contribution in [1.29, 1.82) is 0 Å². The molecular weight excluding hydrogens is 346 g/mol. The number of hydrogen-bond donors (Lipinski definition) is 2. The van der Waals surface area contributed by atoms with Crippen molar-refractivity contribution < 1.29 is 28.9 Å². The van der Waals surface area contributed by atoms with Crippen LogP contribution in [-0.2, 0) is 9.53 Å². The Morgan fingerprint density at radius 2 is 1.76 bits per heavy atom. The van der Waals surface area contributed by atoms with Crippen LogP contribution in [0.5, 0.6) is 11.5 Å². The topological polar surface area (TPSA) is 94.1 Å². The van der Waals surface area contributed by atoms with Crippen LogP contribution in [0.2, 0.25) is 0 Å². The van der Waals surface area contributed by atoms with Crippen LogP contribution in [0.25, 0.3) is 0 Å². The summed E-state index contributed by atoms with van der Waals surface area (Å²) in [5.41, 5.74) is 0.217. The summed E-state index contributed by atoms with van der Waals surface area (Å²) in [6, 6.07) is 1.82. The summed E-state index contributed by atoms with van der Waals surface area (Å²) in [5, 5.41) is 11.5. The number of hydrogen-bond acceptors (Lipinski definition) is 6. The predicted octanol–water partition coefficient (Wildman–Crippen LogP) is 0.730. The maximum Gasteiger partial charge on any atom is 0.330 e. The van der Waals surface area contributed by atoms with E-state index >= 15 is 0 Å². The lowest BCUT2D eigenvalue weighted by molar-refractivity contribution is -0.143. The molecule has 0 fully saturated rings. The molecule has 0 heterocycles. The van der Waals surface area contributed by atoms with Gasteiger partial charge in [-0.15, -0.1) is 0 Å². The molecule has 0 saturated heterocycles. The molecule has 0 spiro atoms. The first kappa shape index (κ1) is 17.3. The first-order chi connectivity index (χ1) is 9.98. The van der Waals surface area contributed by atoms with Gasteiger partial charge in [-0.05, 0) is 28.1 Å². The monoisotopic (exact) mass is 361 g/mol. The molecular formula is C13H16BrNO6. The van der Waals surface area contributed by atoms with Crippen molar-refractivity contribution >= 4 is 27.8 Å². The molecule has 2 N–H and O–H groups in total. The molecule has 0 aromatic heterocycles. The van der Waals surface area contributed by atoms with Gasteiger partial charge in [0.15, 0.2) is 6.04 Å². The summed E-state index contributed by atoms with van der Waals surface area (Å²) >= 11 is 3.29. The standard InChI is InChI=1S/C13H16BrNO6/c1-19-9-4-7(5-10(20-2)11(9)14)12(17)15-8(6-16)13(18)21-3/h4-5,8,16H,6H2,1-3H3,(H,15,17)/t8-/m0/s1. The van der Waals surface area contributed by atoms with Gasteiger partial charge in [-0.25, -0.2) is 4.79 Å². The molecule has 0 unspecified atom stereocenters. The number of carbonyl (C=O) groups excluding carboxylic acids is 2. The second kappa shape index (κ2) is 7.84. The van der Waals surface area contributed by atoms with Gasteiger partial charge in [0.2, 0.25) is 0 Å². The Bertz CT molecular complexity index is 508. The highest BCUT2D eigenvalue weighted by atomic mass is 79.9. The fraction of sp³-hybridized carbons (Fsp3) is 0.385. The molecule has 1 aromatic carbocycles. The molecule has 0 aliphatic carbocycles. The first-order valence-electron chi connectivity index (χ1n) is 5.89. The summed E-state index contributed by atoms with van der Waals surface area (Å²) < 4.78 is 15.3. The number of esters is 1. The van der Waals surface area contributed by atoms with Gasteiger partial charge in [0.25, 0.3) is 5.91 Å². The third-order valence-corrected chi connectivity index (χ3v) is 3.46. The minimum Gasteiger partial charge on any atom is -0.495 e. The van der Waals surface area contributed by atoms with Crippen LogP contribution < -0.4 is 14.8 Å². The van der Waals surface area contributed by atoms with Gasteiger partial charge in [0.1, 0.15) is 16.0 Å². The van der Waals surface area contributed by atoms with Gasteiger partial charge in [-0.1, -0.05) is 0 Å². The minimum absolute atomic E-state index is 0.217. The lowest BCUT2D eigenvalue weighted by Gasteiger charge is -2.15. The van der Waals surface area contributed by atoms with Gasteiger partial charge < -0.3 is 24.6 Å². The molecule has 1 amide bonds. The number of amides is 1. The van der Waals surface area contributed by atoms with Crippen LogP contribution in [0.3, 0.4) is 0 Å². The van der Waals surface area contributed by atoms with Gasteiger partial charge in [0.05, 0.1) is 27.9 Å². The molecule has 1 aromatic rings. The molecule has 1 atom stereocenters. The van der Waals surface area contributed by atoms with Crippen LogP contribution in [0.4, 0.5) is 0 Å². The van der Waals surface area contributed by atoms with Crippen LogP contribution in [0.1, 0.15) is 10.4 Å². The number of methoxy groups -OCH3 is 3. The number of carbonyl (C=O) groups is 2. The quantitative estimate of drug-likeness (QED) is 0.725. The second-order valence-electron chi connectivity index (χ2n) is 3.93.